The third kappa shape index (κ3) is 3.09. The van der Waals surface area contributed by atoms with Crippen LogP contribution in [0, 0.1) is 0 Å². The van der Waals surface area contributed by atoms with Gasteiger partial charge in [0.1, 0.15) is 0 Å². The number of carbonyl (C=O) groups is 1. The van der Waals surface area contributed by atoms with Crippen LogP contribution in [0.1, 0.15) is 17.3 Å². The van der Waals surface area contributed by atoms with Crippen LogP contribution in [0.15, 0.2) is 89.1 Å². The molecule has 0 fully saturated rings. The Hall–Kier alpha value is -3.07. The first-order valence-corrected chi connectivity index (χ1v) is 7.35. The predicted molar refractivity (Wildman–Crippen MR) is 93.7 cm³/mol. The van der Waals surface area contributed by atoms with Gasteiger partial charge in [-0.3, -0.25) is 4.79 Å². The summed E-state index contributed by atoms with van der Waals surface area (Å²) in [6.45, 7) is 5.47. The molecule has 23 heavy (non-hydrogen) atoms. The summed E-state index contributed by atoms with van der Waals surface area (Å²) in [7, 11) is 0. The minimum absolute atomic E-state index is 0.0484. The molecule has 0 N–H and O–H groups in total. The van der Waals surface area contributed by atoms with Gasteiger partial charge in [-0.05, 0) is 42.1 Å². The quantitative estimate of drug-likeness (QED) is 0.330. The summed E-state index contributed by atoms with van der Waals surface area (Å²) in [6, 6.07) is 20.9. The Morgan fingerprint density at radius 2 is 1.48 bits per heavy atom. The van der Waals surface area contributed by atoms with Crippen molar-refractivity contribution >= 4 is 27.9 Å². The predicted octanol–water partition coefficient (Wildman–Crippen LogP) is 6.01. The van der Waals surface area contributed by atoms with E-state index in [0.717, 1.165) is 22.1 Å². The Bertz CT molecular complexity index is 911. The Morgan fingerprint density at radius 1 is 0.826 bits per heavy atom. The normalized spacial score (nSPS) is 11.0. The number of hydrogen-bond acceptors (Lipinski definition) is 3. The van der Waals surface area contributed by atoms with Gasteiger partial charge in [0.15, 0.2) is 5.78 Å². The van der Waals surface area contributed by atoms with Gasteiger partial charge in [-0.15, -0.1) is 5.11 Å². The highest BCUT2D eigenvalue weighted by Gasteiger charge is 2.12. The van der Waals surface area contributed by atoms with Gasteiger partial charge in [-0.2, -0.15) is 5.11 Å². The van der Waals surface area contributed by atoms with Crippen LogP contribution in [-0.2, 0) is 0 Å². The molecule has 0 aliphatic carbocycles. The minimum atomic E-state index is -0.0484. The molecule has 0 spiro atoms. The van der Waals surface area contributed by atoms with E-state index in [-0.39, 0.29) is 5.78 Å². The maximum atomic E-state index is 12.3. The summed E-state index contributed by atoms with van der Waals surface area (Å²) in [4.78, 5) is 12.3. The summed E-state index contributed by atoms with van der Waals surface area (Å²) in [5.74, 6) is -0.0484. The zero-order valence-corrected chi connectivity index (χ0v) is 12.9. The van der Waals surface area contributed by atoms with E-state index < -0.39 is 0 Å². The van der Waals surface area contributed by atoms with E-state index >= 15 is 0 Å². The Labute approximate surface area is 135 Å². The van der Waals surface area contributed by atoms with Crippen LogP contribution in [0.2, 0.25) is 0 Å². The molecule has 0 aliphatic heterocycles. The lowest BCUT2D eigenvalue weighted by Gasteiger charge is -2.07. The highest BCUT2D eigenvalue weighted by molar-refractivity contribution is 6.17. The van der Waals surface area contributed by atoms with Crippen molar-refractivity contribution in [2.45, 2.75) is 6.92 Å². The van der Waals surface area contributed by atoms with Crippen molar-refractivity contribution in [2.75, 3.05) is 0 Å². The minimum Gasteiger partial charge on any atom is -0.289 e. The van der Waals surface area contributed by atoms with Crippen LogP contribution >= 0.6 is 0 Å². The van der Waals surface area contributed by atoms with Crippen molar-refractivity contribution in [3.05, 3.63) is 84.4 Å². The molecule has 0 bridgehead atoms. The molecule has 112 valence electrons. The van der Waals surface area contributed by atoms with Gasteiger partial charge in [0, 0.05) is 10.9 Å². The first kappa shape index (κ1) is 14.9. The fraction of sp³-hybridized carbons (Fsp3) is 0.0500. The van der Waals surface area contributed by atoms with E-state index in [1.807, 2.05) is 60.7 Å². The van der Waals surface area contributed by atoms with Crippen molar-refractivity contribution in [2.24, 2.45) is 10.2 Å². The highest BCUT2D eigenvalue weighted by atomic mass is 16.1. The molecule has 0 unspecified atom stereocenters. The van der Waals surface area contributed by atoms with E-state index in [0.29, 0.717) is 11.1 Å². The van der Waals surface area contributed by atoms with Crippen LogP contribution in [0.25, 0.3) is 10.8 Å². The molecule has 0 atom stereocenters. The molecular weight excluding hydrogens is 284 g/mol. The van der Waals surface area contributed by atoms with Crippen molar-refractivity contribution in [1.82, 2.24) is 0 Å². The number of allylic oxidation sites excluding steroid dienone is 1. The Balaban J connectivity index is 2.10. The van der Waals surface area contributed by atoms with Gasteiger partial charge >= 0.3 is 0 Å². The summed E-state index contributed by atoms with van der Waals surface area (Å²) >= 11 is 0. The Morgan fingerprint density at radius 3 is 2.17 bits per heavy atom. The summed E-state index contributed by atoms with van der Waals surface area (Å²) in [5, 5.41) is 10.4. The molecule has 0 saturated carbocycles. The average molecular weight is 300 g/mol. The number of fused-ring (bicyclic) bond motifs is 1. The number of carbonyl (C=O) groups excluding carboxylic acids is 1. The number of Topliss-reactive ketones (excluding diaryl/α,β-unsaturated/α-hetero) is 1. The molecule has 3 aromatic rings. The fourth-order valence-electron chi connectivity index (χ4n) is 2.40. The van der Waals surface area contributed by atoms with Crippen LogP contribution in [0.5, 0.6) is 0 Å². The monoisotopic (exact) mass is 300 g/mol. The van der Waals surface area contributed by atoms with Crippen LogP contribution < -0.4 is 0 Å². The standard InChI is InChI=1S/C20H16N2O/c1-14(2)20(23)18-12-13-19(17-11-7-6-10-16(17)18)22-21-15-8-4-3-5-9-15/h3-13H,1H2,2H3/b22-21+. The van der Waals surface area contributed by atoms with Crippen molar-refractivity contribution in [3.63, 3.8) is 0 Å². The van der Waals surface area contributed by atoms with Crippen LogP contribution in [-0.4, -0.2) is 5.78 Å². The van der Waals surface area contributed by atoms with Gasteiger partial charge in [0.25, 0.3) is 0 Å². The first-order valence-electron chi connectivity index (χ1n) is 7.35. The largest absolute Gasteiger partial charge is 0.289 e. The molecule has 3 aromatic carbocycles. The molecule has 0 radical (unpaired) electrons. The topological polar surface area (TPSA) is 41.8 Å². The zero-order chi connectivity index (χ0) is 16.2. The zero-order valence-electron chi connectivity index (χ0n) is 12.9. The second kappa shape index (κ2) is 6.36. The Kier molecular flexibility index (Phi) is 4.11. The maximum Gasteiger partial charge on any atom is 0.188 e. The smallest absolute Gasteiger partial charge is 0.188 e. The lowest BCUT2D eigenvalue weighted by Crippen LogP contribution is -2.00. The average Bonchev–Trinajstić information content (AvgIpc) is 2.60. The number of hydrogen-bond donors (Lipinski definition) is 0. The van der Waals surface area contributed by atoms with Gasteiger partial charge in [0.2, 0.25) is 0 Å². The maximum absolute atomic E-state index is 12.3. The van der Waals surface area contributed by atoms with Gasteiger partial charge in [-0.1, -0.05) is 49.0 Å². The van der Waals surface area contributed by atoms with Gasteiger partial charge in [-0.25, -0.2) is 0 Å². The molecule has 0 saturated heterocycles. The number of ketones is 1. The molecular formula is C20H16N2O. The molecule has 0 heterocycles. The molecule has 0 amide bonds. The van der Waals surface area contributed by atoms with Crippen LogP contribution in [0.3, 0.4) is 0 Å². The van der Waals surface area contributed by atoms with Gasteiger partial charge < -0.3 is 0 Å². The summed E-state index contributed by atoms with van der Waals surface area (Å²) < 4.78 is 0. The van der Waals surface area contributed by atoms with Crippen LogP contribution in [0.4, 0.5) is 11.4 Å². The van der Waals surface area contributed by atoms with Crippen molar-refractivity contribution in [1.29, 1.82) is 0 Å². The number of azo groups is 1. The lowest BCUT2D eigenvalue weighted by atomic mass is 9.97. The van der Waals surface area contributed by atoms with E-state index in [1.54, 1.807) is 13.0 Å². The summed E-state index contributed by atoms with van der Waals surface area (Å²) in [5.41, 5.74) is 2.70. The molecule has 0 aromatic heterocycles. The van der Waals surface area contributed by atoms with Crippen molar-refractivity contribution < 1.29 is 4.79 Å². The fourth-order valence-corrected chi connectivity index (χ4v) is 2.40. The highest BCUT2D eigenvalue weighted by Crippen LogP contribution is 2.31. The molecule has 3 nitrogen and oxygen atoms in total. The number of nitrogens with zero attached hydrogens (tertiary/aromatic N) is 2. The van der Waals surface area contributed by atoms with E-state index in [9.17, 15) is 4.79 Å². The van der Waals surface area contributed by atoms with E-state index in [4.69, 9.17) is 0 Å². The number of rotatable bonds is 4. The van der Waals surface area contributed by atoms with E-state index in [2.05, 4.69) is 16.8 Å². The third-order valence-electron chi connectivity index (χ3n) is 3.56. The van der Waals surface area contributed by atoms with E-state index in [1.165, 1.54) is 0 Å². The second-order valence-electron chi connectivity index (χ2n) is 5.32. The lowest BCUT2D eigenvalue weighted by molar-refractivity contribution is 0.103. The second-order valence-corrected chi connectivity index (χ2v) is 5.32. The van der Waals surface area contributed by atoms with Crippen molar-refractivity contribution in [3.8, 4) is 0 Å². The third-order valence-corrected chi connectivity index (χ3v) is 3.56. The molecule has 0 aliphatic rings. The van der Waals surface area contributed by atoms with Gasteiger partial charge in [0.05, 0.1) is 11.4 Å². The molecule has 3 heteroatoms. The number of benzene rings is 3. The summed E-state index contributed by atoms with van der Waals surface area (Å²) in [6.07, 6.45) is 0. The first-order chi connectivity index (χ1) is 11.2. The SMILES string of the molecule is C=C(C)C(=O)c1ccc(/N=N/c2ccccc2)c2ccccc12. The molecule has 3 rings (SSSR count).